The van der Waals surface area contributed by atoms with Crippen LogP contribution in [0.1, 0.15) is 130 Å². The summed E-state index contributed by atoms with van der Waals surface area (Å²) in [4.78, 5) is 10.3. The van der Waals surface area contributed by atoms with Gasteiger partial charge in [0.1, 0.15) is 0 Å². The van der Waals surface area contributed by atoms with Gasteiger partial charge in [-0.15, -0.1) is 0 Å². The third-order valence-electron chi connectivity index (χ3n) is 10.1. The van der Waals surface area contributed by atoms with Gasteiger partial charge in [-0.3, -0.25) is 4.99 Å². The van der Waals surface area contributed by atoms with Crippen LogP contribution >= 0.6 is 0 Å². The van der Waals surface area contributed by atoms with Crippen molar-refractivity contribution in [2.24, 2.45) is 4.99 Å². The Morgan fingerprint density at radius 2 is 1.22 bits per heavy atom. The fourth-order valence-corrected chi connectivity index (χ4v) is 6.53. The number of allylic oxidation sites excluding steroid dienone is 11. The number of fused-ring (bicyclic) bond motifs is 1. The van der Waals surface area contributed by atoms with Crippen LogP contribution in [0.2, 0.25) is 0 Å². The van der Waals surface area contributed by atoms with Crippen molar-refractivity contribution < 1.29 is 0 Å². The van der Waals surface area contributed by atoms with Crippen molar-refractivity contribution >= 4 is 17.9 Å². The normalized spacial score (nSPS) is 13.4. The van der Waals surface area contributed by atoms with E-state index in [1.165, 1.54) is 84.8 Å². The molecule has 0 atom stereocenters. The summed E-state index contributed by atoms with van der Waals surface area (Å²) in [6.07, 6.45) is 35.0. The summed E-state index contributed by atoms with van der Waals surface area (Å²) < 4.78 is 0. The molecule has 318 valence electrons. The Morgan fingerprint density at radius 3 is 1.73 bits per heavy atom. The number of benzene rings is 3. The van der Waals surface area contributed by atoms with Crippen molar-refractivity contribution in [3.8, 4) is 22.4 Å². The van der Waals surface area contributed by atoms with Crippen molar-refractivity contribution in [3.05, 3.63) is 185 Å². The van der Waals surface area contributed by atoms with Crippen LogP contribution in [0.15, 0.2) is 162 Å². The average Bonchev–Trinajstić information content (AvgIpc) is 3.30. The number of aliphatic imine (C=N–C) groups is 1. The van der Waals surface area contributed by atoms with Crippen LogP contribution in [0.4, 0.5) is 0 Å². The fraction of sp³-hybridized carbons (Fsp3) is 0.345. The van der Waals surface area contributed by atoms with Gasteiger partial charge in [0.2, 0.25) is 0 Å². The van der Waals surface area contributed by atoms with E-state index < -0.39 is 0 Å². The molecule has 0 amide bonds. The summed E-state index contributed by atoms with van der Waals surface area (Å²) in [6, 6.07) is 31.0. The highest BCUT2D eigenvalue weighted by molar-refractivity contribution is 6.26. The molecule has 5 rings (SSSR count). The van der Waals surface area contributed by atoms with Gasteiger partial charge < -0.3 is 0 Å². The maximum absolute atomic E-state index is 5.20. The Balaban J connectivity index is 0.000000660. The molecule has 1 aliphatic carbocycles. The summed E-state index contributed by atoms with van der Waals surface area (Å²) in [7, 11) is 0. The molecule has 3 aromatic carbocycles. The molecule has 0 radical (unpaired) electrons. The highest BCUT2D eigenvalue weighted by Gasteiger charge is 2.14. The molecule has 1 aromatic heterocycles. The Kier molecular flexibility index (Phi) is 26.7. The summed E-state index contributed by atoms with van der Waals surface area (Å²) >= 11 is 0. The summed E-state index contributed by atoms with van der Waals surface area (Å²) in [5.74, 6) is 0. The first-order valence-corrected chi connectivity index (χ1v) is 22.7. The average molecular weight is 801 g/mol. The second kappa shape index (κ2) is 31.6. The lowest BCUT2D eigenvalue weighted by Crippen LogP contribution is -2.35. The number of hydrogen-bond acceptors (Lipinski definition) is 2. The molecule has 0 saturated carbocycles. The number of unbranched alkanes of at least 4 members (excludes halogenated alkanes) is 6. The van der Waals surface area contributed by atoms with E-state index in [0.717, 1.165) is 46.0 Å². The molecular formula is C58H76N2. The monoisotopic (exact) mass is 801 g/mol. The van der Waals surface area contributed by atoms with E-state index in [1.54, 1.807) is 6.08 Å². The standard InChI is InChI=1S/C42H48N2.C8H12.C6H10.C2H6/c1-4-7-9-12-16-32-20-22-34(23-21-32)31-43-40-30-39-38(36-18-14-11-15-19-36)29-41(44-42(39)28-35(40)6-3)37-26-24-33(25-27-37)17-13-10-8-5-2;1-4-6-7-8(3)5-2;1-3-5-6-4-2;1-2/h6,11,14-15,18-30H,4-5,7-10,12-13,16-17,31H2,1-3H3;4-7H,1H2,2-3H3;3-6H,1-2H3;1-2H3/b35-6-,43-40?;7-6-,8-5-;5-3-,6-4-;. The number of pyridine rings is 1. The minimum Gasteiger partial charge on any atom is -0.280 e. The number of aromatic nitrogens is 1. The lowest BCUT2D eigenvalue weighted by molar-refractivity contribution is 0.667. The number of rotatable bonds is 17. The van der Waals surface area contributed by atoms with Gasteiger partial charge in [-0.05, 0) is 112 Å². The number of nitrogens with zero attached hydrogens (tertiary/aromatic N) is 2. The Bertz CT molecular complexity index is 2090. The van der Waals surface area contributed by atoms with E-state index in [0.29, 0.717) is 6.54 Å². The summed E-state index contributed by atoms with van der Waals surface area (Å²) in [5, 5.41) is 2.14. The smallest absolute Gasteiger partial charge is 0.0723 e. The first-order valence-electron chi connectivity index (χ1n) is 22.7. The zero-order chi connectivity index (χ0) is 43.8. The second-order valence-corrected chi connectivity index (χ2v) is 14.8. The van der Waals surface area contributed by atoms with Crippen LogP contribution in [0.25, 0.3) is 34.5 Å². The van der Waals surface area contributed by atoms with Gasteiger partial charge in [0.05, 0.1) is 23.3 Å². The molecular weight excluding hydrogens is 725 g/mol. The molecule has 0 saturated heterocycles. The van der Waals surface area contributed by atoms with Crippen LogP contribution in [-0.4, -0.2) is 10.7 Å². The quantitative estimate of drug-likeness (QED) is 0.0771. The van der Waals surface area contributed by atoms with E-state index >= 15 is 0 Å². The van der Waals surface area contributed by atoms with E-state index in [4.69, 9.17) is 9.98 Å². The molecule has 0 fully saturated rings. The molecule has 2 nitrogen and oxygen atoms in total. The SMILES string of the molecule is C/C=C1/C=c2nc(-c3ccc(CCCCCC)cc3)cc(-c3ccccc3)c2=CC1=NCc1ccc(CCCCCC)cc1.C/C=C\C=C/C.C=C/C=C\C(C)=C/C.CC. The maximum atomic E-state index is 5.20. The largest absolute Gasteiger partial charge is 0.280 e. The van der Waals surface area contributed by atoms with Crippen molar-refractivity contribution in [2.75, 3.05) is 0 Å². The maximum Gasteiger partial charge on any atom is 0.0723 e. The predicted octanol–water partition coefficient (Wildman–Crippen LogP) is 15.7. The minimum atomic E-state index is 0.666. The Labute approximate surface area is 366 Å². The summed E-state index contributed by atoms with van der Waals surface area (Å²) in [6.45, 7) is 22.9. The van der Waals surface area contributed by atoms with Crippen LogP contribution in [0, 0.1) is 0 Å². The van der Waals surface area contributed by atoms with Crippen LogP contribution in [0.5, 0.6) is 0 Å². The fourth-order valence-electron chi connectivity index (χ4n) is 6.53. The predicted molar refractivity (Wildman–Crippen MR) is 270 cm³/mol. The number of hydrogen-bond donors (Lipinski definition) is 0. The van der Waals surface area contributed by atoms with E-state index in [2.05, 4.69) is 144 Å². The zero-order valence-electron chi connectivity index (χ0n) is 38.8. The molecule has 0 unspecified atom stereocenters. The van der Waals surface area contributed by atoms with Gasteiger partial charge in [0.25, 0.3) is 0 Å². The molecule has 1 aliphatic rings. The molecule has 1 heterocycles. The lowest BCUT2D eigenvalue weighted by Gasteiger charge is -2.14. The summed E-state index contributed by atoms with van der Waals surface area (Å²) in [5.41, 5.74) is 12.0. The van der Waals surface area contributed by atoms with Crippen molar-refractivity contribution in [1.29, 1.82) is 0 Å². The first-order chi connectivity index (χ1) is 29.4. The molecule has 60 heavy (non-hydrogen) atoms. The van der Waals surface area contributed by atoms with Gasteiger partial charge >= 0.3 is 0 Å². The van der Waals surface area contributed by atoms with Crippen LogP contribution in [-0.2, 0) is 19.4 Å². The third-order valence-corrected chi connectivity index (χ3v) is 10.1. The van der Waals surface area contributed by atoms with Crippen molar-refractivity contribution in [3.63, 3.8) is 0 Å². The van der Waals surface area contributed by atoms with Crippen LogP contribution < -0.4 is 10.6 Å². The molecule has 0 N–H and O–H groups in total. The van der Waals surface area contributed by atoms with Gasteiger partial charge in [-0.2, -0.15) is 0 Å². The molecule has 0 bridgehead atoms. The first kappa shape index (κ1) is 50.8. The van der Waals surface area contributed by atoms with Crippen LogP contribution in [0.3, 0.4) is 0 Å². The van der Waals surface area contributed by atoms with E-state index in [1.807, 2.05) is 71.1 Å². The second-order valence-electron chi connectivity index (χ2n) is 14.8. The van der Waals surface area contributed by atoms with Gasteiger partial charge in [-0.25, -0.2) is 4.98 Å². The van der Waals surface area contributed by atoms with E-state index in [-0.39, 0.29) is 0 Å². The topological polar surface area (TPSA) is 25.2 Å². The van der Waals surface area contributed by atoms with Crippen molar-refractivity contribution in [1.82, 2.24) is 4.98 Å². The van der Waals surface area contributed by atoms with Gasteiger partial charge in [0, 0.05) is 10.8 Å². The van der Waals surface area contributed by atoms with Gasteiger partial charge in [-0.1, -0.05) is 212 Å². The molecule has 4 aromatic rings. The number of aryl methyl sites for hydroxylation is 2. The third kappa shape index (κ3) is 18.7. The Hall–Kier alpha value is -5.34. The molecule has 0 aliphatic heterocycles. The zero-order valence-corrected chi connectivity index (χ0v) is 38.8. The van der Waals surface area contributed by atoms with E-state index in [9.17, 15) is 0 Å². The molecule has 0 spiro atoms. The minimum absolute atomic E-state index is 0.666. The highest BCUT2D eigenvalue weighted by atomic mass is 14.7. The molecule has 2 heteroatoms. The van der Waals surface area contributed by atoms with Gasteiger partial charge in [0.15, 0.2) is 0 Å². The lowest BCUT2D eigenvalue weighted by atomic mass is 9.95. The Morgan fingerprint density at radius 1 is 0.650 bits per heavy atom. The van der Waals surface area contributed by atoms with Crippen molar-refractivity contribution in [2.45, 2.75) is 133 Å². The highest BCUT2D eigenvalue weighted by Crippen LogP contribution is 2.23.